The standard InChI is InChI=1S/C14H19N3O2/c1-10-9-17(14(2,3)13(18)16(4)5)15-12(10)11-7-6-8-19-11/h6-9H,1-5H3. The van der Waals surface area contributed by atoms with Gasteiger partial charge in [-0.1, -0.05) is 0 Å². The largest absolute Gasteiger partial charge is 0.463 e. The Balaban J connectivity index is 2.43. The lowest BCUT2D eigenvalue weighted by Crippen LogP contribution is -2.44. The second kappa shape index (κ2) is 4.57. The summed E-state index contributed by atoms with van der Waals surface area (Å²) >= 11 is 0. The van der Waals surface area contributed by atoms with Gasteiger partial charge in [-0.2, -0.15) is 5.10 Å². The number of likely N-dealkylation sites (N-methyl/N-ethyl adjacent to an activating group) is 1. The maximum atomic E-state index is 12.2. The summed E-state index contributed by atoms with van der Waals surface area (Å²) in [5, 5.41) is 4.50. The molecule has 0 aliphatic carbocycles. The van der Waals surface area contributed by atoms with Crippen molar-refractivity contribution in [2.45, 2.75) is 26.3 Å². The van der Waals surface area contributed by atoms with Crippen LogP contribution in [0.15, 0.2) is 29.0 Å². The van der Waals surface area contributed by atoms with E-state index in [4.69, 9.17) is 4.42 Å². The zero-order chi connectivity index (χ0) is 14.2. The number of amides is 1. The Labute approximate surface area is 112 Å². The van der Waals surface area contributed by atoms with Crippen molar-refractivity contribution in [3.8, 4) is 11.5 Å². The van der Waals surface area contributed by atoms with Gasteiger partial charge in [0.25, 0.3) is 0 Å². The summed E-state index contributed by atoms with van der Waals surface area (Å²) in [6.45, 7) is 5.67. The Morgan fingerprint density at radius 2 is 2.11 bits per heavy atom. The normalized spacial score (nSPS) is 11.6. The zero-order valence-electron chi connectivity index (χ0n) is 12.0. The van der Waals surface area contributed by atoms with Gasteiger partial charge in [0.05, 0.1) is 6.26 Å². The quantitative estimate of drug-likeness (QED) is 0.851. The van der Waals surface area contributed by atoms with Crippen LogP contribution in [0, 0.1) is 6.92 Å². The summed E-state index contributed by atoms with van der Waals surface area (Å²) in [5.74, 6) is 0.713. The molecule has 0 saturated carbocycles. The maximum Gasteiger partial charge on any atom is 0.249 e. The maximum absolute atomic E-state index is 12.2. The second-order valence-corrected chi connectivity index (χ2v) is 5.34. The molecule has 0 unspecified atom stereocenters. The molecule has 102 valence electrons. The molecule has 0 N–H and O–H groups in total. The van der Waals surface area contributed by atoms with Crippen LogP contribution in [0.25, 0.3) is 11.5 Å². The molecule has 0 aliphatic rings. The van der Waals surface area contributed by atoms with Crippen LogP contribution in [-0.2, 0) is 10.3 Å². The third-order valence-electron chi connectivity index (χ3n) is 3.15. The van der Waals surface area contributed by atoms with Crippen LogP contribution in [0.1, 0.15) is 19.4 Å². The molecule has 19 heavy (non-hydrogen) atoms. The number of carbonyl (C=O) groups is 1. The lowest BCUT2D eigenvalue weighted by molar-refractivity contribution is -0.137. The summed E-state index contributed by atoms with van der Waals surface area (Å²) in [6.07, 6.45) is 3.49. The molecule has 5 nitrogen and oxygen atoms in total. The van der Waals surface area contributed by atoms with E-state index in [0.29, 0.717) is 5.76 Å². The first-order chi connectivity index (χ1) is 8.84. The molecular formula is C14H19N3O2. The molecule has 2 aromatic heterocycles. The first kappa shape index (κ1) is 13.4. The van der Waals surface area contributed by atoms with E-state index in [2.05, 4.69) is 5.10 Å². The average molecular weight is 261 g/mol. The van der Waals surface area contributed by atoms with Crippen molar-refractivity contribution in [3.63, 3.8) is 0 Å². The van der Waals surface area contributed by atoms with Gasteiger partial charge in [-0.3, -0.25) is 9.48 Å². The molecular weight excluding hydrogens is 242 g/mol. The van der Waals surface area contributed by atoms with Crippen molar-refractivity contribution >= 4 is 5.91 Å². The predicted octanol–water partition coefficient (Wildman–Crippen LogP) is 2.27. The number of nitrogens with zero attached hydrogens (tertiary/aromatic N) is 3. The molecule has 0 spiro atoms. The van der Waals surface area contributed by atoms with Crippen molar-refractivity contribution in [3.05, 3.63) is 30.2 Å². The van der Waals surface area contributed by atoms with E-state index in [1.807, 2.05) is 39.1 Å². The van der Waals surface area contributed by atoms with Gasteiger partial charge < -0.3 is 9.32 Å². The number of rotatable bonds is 3. The van der Waals surface area contributed by atoms with E-state index in [9.17, 15) is 4.79 Å². The fourth-order valence-electron chi connectivity index (χ4n) is 2.05. The minimum atomic E-state index is -0.723. The molecule has 0 aliphatic heterocycles. The number of furan rings is 1. The third-order valence-corrected chi connectivity index (χ3v) is 3.15. The minimum Gasteiger partial charge on any atom is -0.463 e. The highest BCUT2D eigenvalue weighted by Gasteiger charge is 2.32. The summed E-state index contributed by atoms with van der Waals surface area (Å²) in [4.78, 5) is 13.8. The van der Waals surface area contributed by atoms with E-state index >= 15 is 0 Å². The van der Waals surface area contributed by atoms with Crippen LogP contribution in [0.4, 0.5) is 0 Å². The van der Waals surface area contributed by atoms with Gasteiger partial charge in [-0.05, 0) is 38.5 Å². The third kappa shape index (κ3) is 2.28. The Hall–Kier alpha value is -2.04. The lowest BCUT2D eigenvalue weighted by atomic mass is 10.0. The molecule has 0 aromatic carbocycles. The molecule has 0 fully saturated rings. The molecule has 2 heterocycles. The van der Waals surface area contributed by atoms with Crippen molar-refractivity contribution in [2.24, 2.45) is 0 Å². The molecule has 0 bridgehead atoms. The number of hydrogen-bond acceptors (Lipinski definition) is 3. The van der Waals surface area contributed by atoms with Crippen molar-refractivity contribution in [1.29, 1.82) is 0 Å². The van der Waals surface area contributed by atoms with Gasteiger partial charge in [0.15, 0.2) is 5.76 Å². The Morgan fingerprint density at radius 3 is 2.63 bits per heavy atom. The number of carbonyl (C=O) groups excluding carboxylic acids is 1. The fraction of sp³-hybridized carbons (Fsp3) is 0.429. The molecule has 2 aromatic rings. The van der Waals surface area contributed by atoms with Gasteiger partial charge in [0.1, 0.15) is 11.2 Å². The predicted molar refractivity (Wildman–Crippen MR) is 72.7 cm³/mol. The first-order valence-corrected chi connectivity index (χ1v) is 6.16. The Kier molecular flexibility index (Phi) is 3.22. The summed E-state index contributed by atoms with van der Waals surface area (Å²) in [6, 6.07) is 3.68. The average Bonchev–Trinajstić information content (AvgIpc) is 2.96. The monoisotopic (exact) mass is 261 g/mol. The molecule has 0 atom stereocenters. The number of hydrogen-bond donors (Lipinski definition) is 0. The van der Waals surface area contributed by atoms with Gasteiger partial charge in [-0.25, -0.2) is 0 Å². The van der Waals surface area contributed by atoms with Crippen LogP contribution in [0.5, 0.6) is 0 Å². The summed E-state index contributed by atoms with van der Waals surface area (Å²) < 4.78 is 7.06. The molecule has 0 saturated heterocycles. The van der Waals surface area contributed by atoms with E-state index in [-0.39, 0.29) is 5.91 Å². The number of aryl methyl sites for hydroxylation is 1. The van der Waals surface area contributed by atoms with Crippen molar-refractivity contribution < 1.29 is 9.21 Å². The van der Waals surface area contributed by atoms with Crippen LogP contribution in [0.3, 0.4) is 0 Å². The van der Waals surface area contributed by atoms with E-state index < -0.39 is 5.54 Å². The van der Waals surface area contributed by atoms with Gasteiger partial charge in [0.2, 0.25) is 5.91 Å². The minimum absolute atomic E-state index is 0.000921. The smallest absolute Gasteiger partial charge is 0.249 e. The van der Waals surface area contributed by atoms with Crippen molar-refractivity contribution in [2.75, 3.05) is 14.1 Å². The van der Waals surface area contributed by atoms with E-state index in [0.717, 1.165) is 11.3 Å². The van der Waals surface area contributed by atoms with Gasteiger partial charge in [-0.15, -0.1) is 0 Å². The van der Waals surface area contributed by atoms with Crippen LogP contribution >= 0.6 is 0 Å². The Morgan fingerprint density at radius 1 is 1.42 bits per heavy atom. The zero-order valence-corrected chi connectivity index (χ0v) is 12.0. The SMILES string of the molecule is Cc1cn(C(C)(C)C(=O)N(C)C)nc1-c1ccco1. The van der Waals surface area contributed by atoms with Crippen LogP contribution in [-0.4, -0.2) is 34.7 Å². The highest BCUT2D eigenvalue weighted by atomic mass is 16.3. The molecule has 0 radical (unpaired) electrons. The Bertz CT molecular complexity index is 580. The highest BCUT2D eigenvalue weighted by Crippen LogP contribution is 2.25. The van der Waals surface area contributed by atoms with Crippen LogP contribution < -0.4 is 0 Å². The van der Waals surface area contributed by atoms with Crippen molar-refractivity contribution in [1.82, 2.24) is 14.7 Å². The molecule has 2 rings (SSSR count). The summed E-state index contributed by atoms with van der Waals surface area (Å²) in [5.41, 5.74) is 1.03. The van der Waals surface area contributed by atoms with Gasteiger partial charge in [0, 0.05) is 20.3 Å². The van der Waals surface area contributed by atoms with Crippen LogP contribution in [0.2, 0.25) is 0 Å². The van der Waals surface area contributed by atoms with E-state index in [1.165, 1.54) is 0 Å². The summed E-state index contributed by atoms with van der Waals surface area (Å²) in [7, 11) is 3.49. The van der Waals surface area contributed by atoms with E-state index in [1.54, 1.807) is 29.9 Å². The highest BCUT2D eigenvalue weighted by molar-refractivity contribution is 5.83. The first-order valence-electron chi connectivity index (χ1n) is 6.16. The number of aromatic nitrogens is 2. The van der Waals surface area contributed by atoms with Gasteiger partial charge >= 0.3 is 0 Å². The topological polar surface area (TPSA) is 51.3 Å². The second-order valence-electron chi connectivity index (χ2n) is 5.34. The fourth-order valence-corrected chi connectivity index (χ4v) is 2.05. The molecule has 5 heteroatoms. The lowest BCUT2D eigenvalue weighted by Gasteiger charge is -2.27. The molecule has 1 amide bonds.